The van der Waals surface area contributed by atoms with Gasteiger partial charge in [-0.25, -0.2) is 9.98 Å². The van der Waals surface area contributed by atoms with E-state index in [1.54, 1.807) is 7.11 Å². The van der Waals surface area contributed by atoms with Crippen molar-refractivity contribution in [2.75, 3.05) is 13.7 Å². The first kappa shape index (κ1) is 7.08. The Hall–Kier alpha value is -1.03. The second-order valence-electron chi connectivity index (χ2n) is 1.85. The number of hydrogen-bond donors (Lipinski definition) is 0. The fraction of sp³-hybridized carbons (Fsp3) is 0.500. The van der Waals surface area contributed by atoms with Crippen LogP contribution in [0.3, 0.4) is 0 Å². The van der Waals surface area contributed by atoms with Crippen molar-refractivity contribution < 1.29 is 4.74 Å². The number of aliphatic imine (C=N–C) groups is 3. The minimum atomic E-state index is -0.109. The molecule has 1 atom stereocenters. The molecule has 0 fully saturated rings. The number of ether oxygens (including phenoxy) is 1. The highest BCUT2D eigenvalue weighted by molar-refractivity contribution is 5.96. The van der Waals surface area contributed by atoms with E-state index in [0.29, 0.717) is 12.4 Å². The van der Waals surface area contributed by atoms with E-state index in [-0.39, 0.29) is 6.10 Å². The van der Waals surface area contributed by atoms with Gasteiger partial charge in [0.2, 0.25) is 0 Å². The normalized spacial score (nSPS) is 24.1. The summed E-state index contributed by atoms with van der Waals surface area (Å²) in [4.78, 5) is 11.5. The minimum Gasteiger partial charge on any atom is -0.371 e. The summed E-state index contributed by atoms with van der Waals surface area (Å²) in [6, 6.07) is 0. The first-order valence-corrected chi connectivity index (χ1v) is 2.94. The van der Waals surface area contributed by atoms with Crippen LogP contribution in [0.5, 0.6) is 0 Å². The highest BCUT2D eigenvalue weighted by Crippen LogP contribution is 1.99. The number of methoxy groups -OCH3 is 1. The van der Waals surface area contributed by atoms with E-state index >= 15 is 0 Å². The first-order valence-electron chi connectivity index (χ1n) is 2.94. The Morgan fingerprint density at radius 1 is 1.90 bits per heavy atom. The average Bonchev–Trinajstić information content (AvgIpc) is 2.04. The molecule has 4 heteroatoms. The third kappa shape index (κ3) is 1.27. The van der Waals surface area contributed by atoms with Crippen LogP contribution in [0.25, 0.3) is 0 Å². The maximum Gasteiger partial charge on any atom is 0.160 e. The van der Waals surface area contributed by atoms with Gasteiger partial charge in [-0.2, -0.15) is 0 Å². The van der Waals surface area contributed by atoms with E-state index in [2.05, 4.69) is 21.7 Å². The zero-order valence-electron chi connectivity index (χ0n) is 5.82. The van der Waals surface area contributed by atoms with E-state index in [4.69, 9.17) is 4.74 Å². The summed E-state index contributed by atoms with van der Waals surface area (Å²) in [5.74, 6) is 0.609. The van der Waals surface area contributed by atoms with Gasteiger partial charge in [-0.1, -0.05) is 0 Å². The number of nitrogens with zero attached hydrogens (tertiary/aromatic N) is 3. The summed E-state index contributed by atoms with van der Waals surface area (Å²) in [5, 5.41) is 0. The van der Waals surface area contributed by atoms with Crippen LogP contribution in [0.2, 0.25) is 0 Å². The van der Waals surface area contributed by atoms with Crippen LogP contribution in [-0.4, -0.2) is 38.7 Å². The van der Waals surface area contributed by atoms with Crippen molar-refractivity contribution in [1.29, 1.82) is 0 Å². The van der Waals surface area contributed by atoms with Crippen molar-refractivity contribution in [2.45, 2.75) is 6.10 Å². The topological polar surface area (TPSA) is 46.3 Å². The van der Waals surface area contributed by atoms with Crippen molar-refractivity contribution in [3.63, 3.8) is 0 Å². The fourth-order valence-corrected chi connectivity index (χ4v) is 0.730. The van der Waals surface area contributed by atoms with Crippen molar-refractivity contribution >= 4 is 18.9 Å². The molecule has 54 valence electrons. The highest BCUT2D eigenvalue weighted by Gasteiger charge is 2.14. The molecule has 1 aliphatic rings. The largest absolute Gasteiger partial charge is 0.371 e. The van der Waals surface area contributed by atoms with E-state index in [1.807, 2.05) is 0 Å². The molecule has 0 aromatic heterocycles. The minimum absolute atomic E-state index is 0.109. The molecule has 0 aromatic carbocycles. The third-order valence-electron chi connectivity index (χ3n) is 1.28. The van der Waals surface area contributed by atoms with Gasteiger partial charge in [-0.05, 0) is 6.72 Å². The zero-order valence-corrected chi connectivity index (χ0v) is 5.82. The Kier molecular flexibility index (Phi) is 2.28. The second-order valence-corrected chi connectivity index (χ2v) is 1.85. The molecule has 0 radical (unpaired) electrons. The van der Waals surface area contributed by atoms with Crippen LogP contribution in [0, 0.1) is 0 Å². The molecule has 1 rings (SSSR count). The maximum atomic E-state index is 5.02. The van der Waals surface area contributed by atoms with E-state index < -0.39 is 0 Å². The number of rotatable bonds is 1. The lowest BCUT2D eigenvalue weighted by Gasteiger charge is -2.13. The first-order chi connectivity index (χ1) is 4.88. The molecule has 4 nitrogen and oxygen atoms in total. The lowest BCUT2D eigenvalue weighted by Crippen LogP contribution is -2.27. The van der Waals surface area contributed by atoms with Gasteiger partial charge >= 0.3 is 0 Å². The lowest BCUT2D eigenvalue weighted by molar-refractivity contribution is 0.161. The fourth-order valence-electron chi connectivity index (χ4n) is 0.730. The van der Waals surface area contributed by atoms with Gasteiger partial charge in [0.25, 0.3) is 0 Å². The zero-order chi connectivity index (χ0) is 7.40. The van der Waals surface area contributed by atoms with Crippen LogP contribution in [0.4, 0.5) is 0 Å². The van der Waals surface area contributed by atoms with Crippen LogP contribution in [-0.2, 0) is 4.74 Å². The third-order valence-corrected chi connectivity index (χ3v) is 1.28. The molecule has 0 spiro atoms. The summed E-state index contributed by atoms with van der Waals surface area (Å²) in [5.41, 5.74) is 0. The van der Waals surface area contributed by atoms with Crippen LogP contribution >= 0.6 is 0 Å². The molecule has 0 N–H and O–H groups in total. The van der Waals surface area contributed by atoms with Crippen molar-refractivity contribution in [2.24, 2.45) is 15.0 Å². The van der Waals surface area contributed by atoms with Crippen molar-refractivity contribution in [3.05, 3.63) is 0 Å². The number of hydrogen-bond acceptors (Lipinski definition) is 4. The Balaban J connectivity index is 2.70. The standard InChI is InChI=1S/C6H9N3O/c1-7-6-5(10-2)3-8-4-9-6/h4-5H,1,3H2,2H3. The van der Waals surface area contributed by atoms with Gasteiger partial charge in [0, 0.05) is 7.11 Å². The summed E-state index contributed by atoms with van der Waals surface area (Å²) >= 11 is 0. The van der Waals surface area contributed by atoms with E-state index in [1.165, 1.54) is 6.34 Å². The Morgan fingerprint density at radius 2 is 2.70 bits per heavy atom. The van der Waals surface area contributed by atoms with Gasteiger partial charge < -0.3 is 4.74 Å². The predicted molar refractivity (Wildman–Crippen MR) is 41.1 cm³/mol. The van der Waals surface area contributed by atoms with E-state index in [9.17, 15) is 0 Å². The van der Waals surface area contributed by atoms with Crippen molar-refractivity contribution in [1.82, 2.24) is 0 Å². The Labute approximate surface area is 59.4 Å². The lowest BCUT2D eigenvalue weighted by atomic mass is 10.3. The summed E-state index contributed by atoms with van der Waals surface area (Å²) in [7, 11) is 1.60. The highest BCUT2D eigenvalue weighted by atomic mass is 16.5. The van der Waals surface area contributed by atoms with Gasteiger partial charge in [0.1, 0.15) is 12.4 Å². The molecule has 0 saturated heterocycles. The van der Waals surface area contributed by atoms with E-state index in [0.717, 1.165) is 0 Å². The maximum absolute atomic E-state index is 5.02. The van der Waals surface area contributed by atoms with Crippen LogP contribution < -0.4 is 0 Å². The molecule has 0 bridgehead atoms. The summed E-state index contributed by atoms with van der Waals surface area (Å²) in [6.45, 7) is 3.95. The Morgan fingerprint density at radius 3 is 3.20 bits per heavy atom. The second kappa shape index (κ2) is 3.22. The molecule has 0 amide bonds. The quantitative estimate of drug-likeness (QED) is 0.477. The molecule has 1 unspecified atom stereocenters. The molecule has 1 heterocycles. The van der Waals surface area contributed by atoms with Crippen LogP contribution in [0.1, 0.15) is 0 Å². The van der Waals surface area contributed by atoms with Gasteiger partial charge in [0.05, 0.1) is 6.54 Å². The summed E-state index contributed by atoms with van der Waals surface area (Å²) in [6.07, 6.45) is 1.36. The smallest absolute Gasteiger partial charge is 0.160 e. The molecule has 0 aromatic rings. The number of amidine groups is 1. The molecular formula is C6H9N3O. The Bertz CT molecular complexity index is 185. The molecule has 10 heavy (non-hydrogen) atoms. The molecule has 0 aliphatic carbocycles. The van der Waals surface area contributed by atoms with Crippen molar-refractivity contribution in [3.8, 4) is 0 Å². The molecule has 0 saturated carbocycles. The molecule has 1 aliphatic heterocycles. The summed E-state index contributed by atoms with van der Waals surface area (Å²) < 4.78 is 5.02. The SMILES string of the molecule is C=NC1=NC=NCC1OC. The van der Waals surface area contributed by atoms with Gasteiger partial charge in [-0.3, -0.25) is 4.99 Å². The monoisotopic (exact) mass is 139 g/mol. The van der Waals surface area contributed by atoms with Gasteiger partial charge in [0.15, 0.2) is 5.84 Å². The van der Waals surface area contributed by atoms with Gasteiger partial charge in [-0.15, -0.1) is 0 Å². The predicted octanol–water partition coefficient (Wildman–Crippen LogP) is 0.142. The van der Waals surface area contributed by atoms with Crippen LogP contribution in [0.15, 0.2) is 15.0 Å². The average molecular weight is 139 g/mol. The molecular weight excluding hydrogens is 130 g/mol.